The zero-order valence-corrected chi connectivity index (χ0v) is 11.1. The number of hydrogen-bond donors (Lipinski definition) is 1. The van der Waals surface area contributed by atoms with Crippen molar-refractivity contribution in [3.05, 3.63) is 0 Å². The Morgan fingerprint density at radius 3 is 2.25 bits per heavy atom. The van der Waals surface area contributed by atoms with E-state index in [0.29, 0.717) is 0 Å². The first kappa shape index (κ1) is 15.8. The van der Waals surface area contributed by atoms with Gasteiger partial charge in [-0.25, -0.2) is 0 Å². The van der Waals surface area contributed by atoms with Crippen LogP contribution < -0.4 is 5.32 Å². The van der Waals surface area contributed by atoms with Crippen LogP contribution in [0.2, 0.25) is 0 Å². The van der Waals surface area contributed by atoms with Gasteiger partial charge in [0.25, 0.3) is 0 Å². The molecule has 0 saturated carbocycles. The minimum absolute atomic E-state index is 0.809. The second kappa shape index (κ2) is 12.9. The Labute approximate surface area is 100 Å². The lowest BCUT2D eigenvalue weighted by atomic mass is 10.4. The molecule has 0 bridgehead atoms. The van der Waals surface area contributed by atoms with Gasteiger partial charge in [-0.2, -0.15) is 0 Å². The summed E-state index contributed by atoms with van der Waals surface area (Å²) in [7, 11) is 4.06. The third-order valence-electron chi connectivity index (χ3n) is 2.45. The van der Waals surface area contributed by atoms with Crippen LogP contribution in [-0.2, 0) is 9.47 Å². The summed E-state index contributed by atoms with van der Waals surface area (Å²) in [6.07, 6.45) is 2.08. The molecule has 0 unspecified atom stereocenters. The number of nitrogens with one attached hydrogen (secondary N) is 1. The maximum absolute atomic E-state index is 5.50. The van der Waals surface area contributed by atoms with Crippen molar-refractivity contribution in [2.75, 3.05) is 60.2 Å². The zero-order valence-electron chi connectivity index (χ0n) is 11.1. The van der Waals surface area contributed by atoms with E-state index in [4.69, 9.17) is 9.47 Å². The van der Waals surface area contributed by atoms with Crippen LogP contribution >= 0.6 is 0 Å². The van der Waals surface area contributed by atoms with E-state index in [2.05, 4.69) is 24.2 Å². The van der Waals surface area contributed by atoms with Gasteiger partial charge in [-0.1, -0.05) is 6.92 Å². The van der Waals surface area contributed by atoms with Crippen LogP contribution in [0.4, 0.5) is 0 Å². The second-order valence-electron chi connectivity index (χ2n) is 3.93. The second-order valence-corrected chi connectivity index (χ2v) is 3.93. The standard InChI is InChI=1S/C12H28N2O2/c1-4-14(3)8-12-16-11-6-10-15-9-5-7-13-2/h13H,4-12H2,1-3H3. The summed E-state index contributed by atoms with van der Waals surface area (Å²) in [6, 6.07) is 0. The van der Waals surface area contributed by atoms with Crippen LogP contribution in [-0.4, -0.2) is 65.1 Å². The van der Waals surface area contributed by atoms with Crippen molar-refractivity contribution in [1.29, 1.82) is 0 Å². The zero-order chi connectivity index (χ0) is 12.1. The molecule has 0 aliphatic carbocycles. The third-order valence-corrected chi connectivity index (χ3v) is 2.45. The molecule has 1 N–H and O–H groups in total. The molecule has 0 aromatic carbocycles. The van der Waals surface area contributed by atoms with Crippen molar-refractivity contribution in [2.45, 2.75) is 19.8 Å². The van der Waals surface area contributed by atoms with Crippen molar-refractivity contribution in [3.8, 4) is 0 Å². The Bertz CT molecular complexity index is 134. The summed E-state index contributed by atoms with van der Waals surface area (Å²) in [5.41, 5.74) is 0. The fraction of sp³-hybridized carbons (Fsp3) is 1.00. The number of hydrogen-bond acceptors (Lipinski definition) is 4. The molecule has 4 heteroatoms. The van der Waals surface area contributed by atoms with E-state index in [1.807, 2.05) is 7.05 Å². The van der Waals surface area contributed by atoms with E-state index in [0.717, 1.165) is 58.9 Å². The molecule has 0 aliphatic heterocycles. The van der Waals surface area contributed by atoms with E-state index in [-0.39, 0.29) is 0 Å². The Kier molecular flexibility index (Phi) is 12.8. The molecule has 0 aliphatic rings. The lowest BCUT2D eigenvalue weighted by molar-refractivity contribution is 0.0739. The largest absolute Gasteiger partial charge is 0.381 e. The van der Waals surface area contributed by atoms with E-state index in [1.54, 1.807) is 0 Å². The summed E-state index contributed by atoms with van der Waals surface area (Å²) in [4.78, 5) is 2.24. The van der Waals surface area contributed by atoms with E-state index >= 15 is 0 Å². The molecule has 98 valence electrons. The number of rotatable bonds is 12. The van der Waals surface area contributed by atoms with Crippen molar-refractivity contribution in [2.24, 2.45) is 0 Å². The Hall–Kier alpha value is -0.160. The number of ether oxygens (including phenoxy) is 2. The molecule has 0 heterocycles. The molecule has 0 atom stereocenters. The van der Waals surface area contributed by atoms with Gasteiger partial charge >= 0.3 is 0 Å². The summed E-state index contributed by atoms with van der Waals surface area (Å²) in [6.45, 7) is 8.57. The molecule has 16 heavy (non-hydrogen) atoms. The predicted molar refractivity (Wildman–Crippen MR) is 68.0 cm³/mol. The average Bonchev–Trinajstić information content (AvgIpc) is 2.31. The molecule has 0 aromatic rings. The van der Waals surface area contributed by atoms with Crippen molar-refractivity contribution >= 4 is 0 Å². The molecule has 0 saturated heterocycles. The Morgan fingerprint density at radius 2 is 1.62 bits per heavy atom. The van der Waals surface area contributed by atoms with Crippen LogP contribution in [0, 0.1) is 0 Å². The van der Waals surface area contributed by atoms with Gasteiger partial charge in [0.2, 0.25) is 0 Å². The highest BCUT2D eigenvalue weighted by molar-refractivity contribution is 4.45. The first-order valence-electron chi connectivity index (χ1n) is 6.30. The quantitative estimate of drug-likeness (QED) is 0.508. The number of likely N-dealkylation sites (N-methyl/N-ethyl adjacent to an activating group) is 1. The van der Waals surface area contributed by atoms with Gasteiger partial charge < -0.3 is 19.7 Å². The van der Waals surface area contributed by atoms with Gasteiger partial charge in [0.1, 0.15) is 0 Å². The van der Waals surface area contributed by atoms with Crippen LogP contribution in [0.3, 0.4) is 0 Å². The highest BCUT2D eigenvalue weighted by Crippen LogP contribution is 1.88. The van der Waals surface area contributed by atoms with Crippen LogP contribution in [0.15, 0.2) is 0 Å². The molecule has 0 spiro atoms. The van der Waals surface area contributed by atoms with Crippen LogP contribution in [0.1, 0.15) is 19.8 Å². The minimum atomic E-state index is 0.809. The topological polar surface area (TPSA) is 33.7 Å². The highest BCUT2D eigenvalue weighted by atomic mass is 16.5. The van der Waals surface area contributed by atoms with E-state index in [1.165, 1.54) is 0 Å². The van der Waals surface area contributed by atoms with Gasteiger partial charge in [0.15, 0.2) is 0 Å². The van der Waals surface area contributed by atoms with E-state index < -0.39 is 0 Å². The average molecular weight is 232 g/mol. The monoisotopic (exact) mass is 232 g/mol. The van der Waals surface area contributed by atoms with Crippen molar-refractivity contribution in [3.63, 3.8) is 0 Å². The fourth-order valence-electron chi connectivity index (χ4n) is 1.20. The van der Waals surface area contributed by atoms with Gasteiger partial charge in [0.05, 0.1) is 6.61 Å². The maximum atomic E-state index is 5.50. The lowest BCUT2D eigenvalue weighted by Crippen LogP contribution is -2.22. The van der Waals surface area contributed by atoms with Gasteiger partial charge in [0, 0.05) is 26.4 Å². The normalized spacial score (nSPS) is 11.2. The van der Waals surface area contributed by atoms with Crippen molar-refractivity contribution in [1.82, 2.24) is 10.2 Å². The molecule has 0 rings (SSSR count). The highest BCUT2D eigenvalue weighted by Gasteiger charge is 1.94. The van der Waals surface area contributed by atoms with Crippen LogP contribution in [0.25, 0.3) is 0 Å². The molecular weight excluding hydrogens is 204 g/mol. The first-order chi connectivity index (χ1) is 7.81. The molecule has 0 aromatic heterocycles. The Balaban J connectivity index is 2.93. The molecule has 0 radical (unpaired) electrons. The predicted octanol–water partition coefficient (Wildman–Crippen LogP) is 0.971. The number of nitrogens with zero attached hydrogens (tertiary/aromatic N) is 1. The van der Waals surface area contributed by atoms with Gasteiger partial charge in [-0.05, 0) is 40.0 Å². The van der Waals surface area contributed by atoms with Gasteiger partial charge in [-0.3, -0.25) is 0 Å². The SMILES string of the molecule is CCN(C)CCOCCCOCCCNC. The maximum Gasteiger partial charge on any atom is 0.0593 e. The fourth-order valence-corrected chi connectivity index (χ4v) is 1.20. The van der Waals surface area contributed by atoms with Gasteiger partial charge in [-0.15, -0.1) is 0 Å². The lowest BCUT2D eigenvalue weighted by Gasteiger charge is -2.13. The smallest absolute Gasteiger partial charge is 0.0593 e. The van der Waals surface area contributed by atoms with Crippen LogP contribution in [0.5, 0.6) is 0 Å². The summed E-state index contributed by atoms with van der Waals surface area (Å²) in [5.74, 6) is 0. The Morgan fingerprint density at radius 1 is 1.00 bits per heavy atom. The molecule has 0 fully saturated rings. The summed E-state index contributed by atoms with van der Waals surface area (Å²) < 4.78 is 11.0. The summed E-state index contributed by atoms with van der Waals surface area (Å²) >= 11 is 0. The molecule has 4 nitrogen and oxygen atoms in total. The molecular formula is C12H28N2O2. The first-order valence-corrected chi connectivity index (χ1v) is 6.30. The van der Waals surface area contributed by atoms with Crippen molar-refractivity contribution < 1.29 is 9.47 Å². The summed E-state index contributed by atoms with van der Waals surface area (Å²) in [5, 5.41) is 3.09. The molecule has 0 amide bonds. The minimum Gasteiger partial charge on any atom is -0.381 e. The third kappa shape index (κ3) is 11.9. The van der Waals surface area contributed by atoms with E-state index in [9.17, 15) is 0 Å².